The maximum atomic E-state index is 5.88. The third kappa shape index (κ3) is 3.83. The normalized spacial score (nSPS) is 12.1. The van der Waals surface area contributed by atoms with E-state index in [-0.39, 0.29) is 0 Å². The first-order chi connectivity index (χ1) is 6.72. The number of terminal acetylenes is 1. The van der Waals surface area contributed by atoms with Gasteiger partial charge < -0.3 is 5.32 Å². The number of rotatable bonds is 4. The highest BCUT2D eigenvalue weighted by Gasteiger charge is 2.01. The first-order valence-corrected chi connectivity index (χ1v) is 5.01. The van der Waals surface area contributed by atoms with Crippen molar-refractivity contribution in [1.29, 1.82) is 0 Å². The van der Waals surface area contributed by atoms with Crippen molar-refractivity contribution in [3.63, 3.8) is 0 Å². The molecular weight excluding hydrogens is 194 g/mol. The monoisotopic (exact) mass is 207 g/mol. The summed E-state index contributed by atoms with van der Waals surface area (Å²) in [6.45, 7) is 2.72. The fraction of sp³-hybridized carbons (Fsp3) is 0.333. The smallest absolute Gasteiger partial charge is 0.0575 e. The molecule has 1 N–H and O–H groups in total. The van der Waals surface area contributed by atoms with Crippen LogP contribution in [0.3, 0.4) is 0 Å². The molecule has 1 unspecified atom stereocenters. The summed E-state index contributed by atoms with van der Waals surface area (Å²) in [4.78, 5) is 0. The molecule has 2 heteroatoms. The van der Waals surface area contributed by atoms with Gasteiger partial charge in [0, 0.05) is 11.1 Å². The molecule has 1 aromatic carbocycles. The van der Waals surface area contributed by atoms with Gasteiger partial charge in [-0.25, -0.2) is 0 Å². The molecule has 0 aliphatic rings. The van der Waals surface area contributed by atoms with Crippen LogP contribution in [0.4, 0.5) is 0 Å². The van der Waals surface area contributed by atoms with E-state index in [0.29, 0.717) is 12.6 Å². The SMILES string of the molecule is C#CCNC(C)Cc1cccc(Cl)c1. The van der Waals surface area contributed by atoms with Crippen LogP contribution in [-0.2, 0) is 6.42 Å². The highest BCUT2D eigenvalue weighted by Crippen LogP contribution is 2.11. The van der Waals surface area contributed by atoms with Crippen LogP contribution in [0, 0.1) is 12.3 Å². The molecule has 0 aliphatic heterocycles. The van der Waals surface area contributed by atoms with Gasteiger partial charge in [-0.1, -0.05) is 29.7 Å². The summed E-state index contributed by atoms with van der Waals surface area (Å²) in [6.07, 6.45) is 6.11. The summed E-state index contributed by atoms with van der Waals surface area (Å²) in [7, 11) is 0. The quantitative estimate of drug-likeness (QED) is 0.749. The molecule has 0 aromatic heterocycles. The van der Waals surface area contributed by atoms with Crippen LogP contribution in [0.25, 0.3) is 0 Å². The Kier molecular flexibility index (Phi) is 4.52. The van der Waals surface area contributed by atoms with E-state index in [9.17, 15) is 0 Å². The van der Waals surface area contributed by atoms with E-state index in [0.717, 1.165) is 11.4 Å². The van der Waals surface area contributed by atoms with E-state index >= 15 is 0 Å². The van der Waals surface area contributed by atoms with Gasteiger partial charge in [-0.15, -0.1) is 6.42 Å². The summed E-state index contributed by atoms with van der Waals surface area (Å²) in [5.41, 5.74) is 1.23. The van der Waals surface area contributed by atoms with Crippen LogP contribution < -0.4 is 5.32 Å². The Bertz CT molecular complexity index is 327. The molecule has 0 saturated carbocycles. The lowest BCUT2D eigenvalue weighted by atomic mass is 10.1. The lowest BCUT2D eigenvalue weighted by Gasteiger charge is -2.11. The summed E-state index contributed by atoms with van der Waals surface area (Å²) >= 11 is 5.88. The number of hydrogen-bond acceptors (Lipinski definition) is 1. The van der Waals surface area contributed by atoms with E-state index in [1.54, 1.807) is 0 Å². The maximum Gasteiger partial charge on any atom is 0.0575 e. The van der Waals surface area contributed by atoms with Gasteiger partial charge in [-0.3, -0.25) is 0 Å². The summed E-state index contributed by atoms with van der Waals surface area (Å²) in [5.74, 6) is 2.56. The van der Waals surface area contributed by atoms with E-state index in [4.69, 9.17) is 18.0 Å². The van der Waals surface area contributed by atoms with Gasteiger partial charge in [-0.05, 0) is 31.0 Å². The molecule has 0 heterocycles. The van der Waals surface area contributed by atoms with E-state index in [1.807, 2.05) is 18.2 Å². The molecule has 0 amide bonds. The van der Waals surface area contributed by atoms with Crippen LogP contribution in [0.2, 0.25) is 5.02 Å². The molecule has 0 spiro atoms. The zero-order chi connectivity index (χ0) is 10.4. The number of halogens is 1. The first kappa shape index (κ1) is 11.1. The van der Waals surface area contributed by atoms with Crippen LogP contribution in [0.1, 0.15) is 12.5 Å². The van der Waals surface area contributed by atoms with Gasteiger partial charge in [0.1, 0.15) is 0 Å². The average molecular weight is 208 g/mol. The van der Waals surface area contributed by atoms with Crippen molar-refractivity contribution in [3.8, 4) is 12.3 Å². The lowest BCUT2D eigenvalue weighted by Crippen LogP contribution is -2.28. The highest BCUT2D eigenvalue weighted by atomic mass is 35.5. The third-order valence-electron chi connectivity index (χ3n) is 1.98. The Morgan fingerprint density at radius 1 is 1.57 bits per heavy atom. The second-order valence-electron chi connectivity index (χ2n) is 3.32. The first-order valence-electron chi connectivity index (χ1n) is 4.63. The molecule has 0 fully saturated rings. The molecular formula is C12H14ClN. The van der Waals surface area contributed by atoms with Gasteiger partial charge in [-0.2, -0.15) is 0 Å². The fourth-order valence-electron chi connectivity index (χ4n) is 1.32. The van der Waals surface area contributed by atoms with Crippen LogP contribution in [-0.4, -0.2) is 12.6 Å². The van der Waals surface area contributed by atoms with E-state index in [1.165, 1.54) is 5.56 Å². The minimum Gasteiger partial charge on any atom is -0.303 e. The third-order valence-corrected chi connectivity index (χ3v) is 2.22. The minimum absolute atomic E-state index is 0.379. The van der Waals surface area contributed by atoms with E-state index < -0.39 is 0 Å². The summed E-state index contributed by atoms with van der Waals surface area (Å²) < 4.78 is 0. The summed E-state index contributed by atoms with van der Waals surface area (Å²) in [6, 6.07) is 8.27. The Morgan fingerprint density at radius 2 is 2.36 bits per heavy atom. The highest BCUT2D eigenvalue weighted by molar-refractivity contribution is 6.30. The predicted octanol–water partition coefficient (Wildman–Crippen LogP) is 2.49. The molecule has 0 saturated heterocycles. The Morgan fingerprint density at radius 3 is 3.00 bits per heavy atom. The Labute approximate surface area is 90.5 Å². The Hall–Kier alpha value is -0.970. The van der Waals surface area contributed by atoms with Gasteiger partial charge >= 0.3 is 0 Å². The number of nitrogens with one attached hydrogen (secondary N) is 1. The number of benzene rings is 1. The average Bonchev–Trinajstić information content (AvgIpc) is 2.15. The molecule has 1 rings (SSSR count). The van der Waals surface area contributed by atoms with Gasteiger partial charge in [0.15, 0.2) is 0 Å². The maximum absolute atomic E-state index is 5.88. The largest absolute Gasteiger partial charge is 0.303 e. The zero-order valence-electron chi connectivity index (χ0n) is 8.26. The van der Waals surface area contributed by atoms with Crippen molar-refractivity contribution >= 4 is 11.6 Å². The standard InChI is InChI=1S/C12H14ClN/c1-3-7-14-10(2)8-11-5-4-6-12(13)9-11/h1,4-6,9-10,14H,7-8H2,2H3. The van der Waals surface area contributed by atoms with E-state index in [2.05, 4.69) is 24.2 Å². The van der Waals surface area contributed by atoms with Gasteiger partial charge in [0.25, 0.3) is 0 Å². The summed E-state index contributed by atoms with van der Waals surface area (Å²) in [5, 5.41) is 4.00. The lowest BCUT2D eigenvalue weighted by molar-refractivity contribution is 0.585. The molecule has 1 aromatic rings. The molecule has 74 valence electrons. The fourth-order valence-corrected chi connectivity index (χ4v) is 1.54. The van der Waals surface area contributed by atoms with Gasteiger partial charge in [0.2, 0.25) is 0 Å². The van der Waals surface area contributed by atoms with Gasteiger partial charge in [0.05, 0.1) is 6.54 Å². The van der Waals surface area contributed by atoms with Crippen LogP contribution in [0.15, 0.2) is 24.3 Å². The van der Waals surface area contributed by atoms with Crippen LogP contribution in [0.5, 0.6) is 0 Å². The topological polar surface area (TPSA) is 12.0 Å². The molecule has 14 heavy (non-hydrogen) atoms. The second-order valence-corrected chi connectivity index (χ2v) is 3.76. The molecule has 1 nitrogen and oxygen atoms in total. The van der Waals surface area contributed by atoms with Crippen molar-refractivity contribution in [2.75, 3.05) is 6.54 Å². The van der Waals surface area contributed by atoms with Crippen molar-refractivity contribution in [2.24, 2.45) is 0 Å². The van der Waals surface area contributed by atoms with Crippen LogP contribution >= 0.6 is 11.6 Å². The minimum atomic E-state index is 0.379. The molecule has 0 bridgehead atoms. The molecule has 0 aliphatic carbocycles. The predicted molar refractivity (Wildman–Crippen MR) is 61.5 cm³/mol. The molecule has 0 radical (unpaired) electrons. The van der Waals surface area contributed by atoms with Crippen molar-refractivity contribution in [1.82, 2.24) is 5.32 Å². The number of hydrogen-bond donors (Lipinski definition) is 1. The van der Waals surface area contributed by atoms with Crippen molar-refractivity contribution in [3.05, 3.63) is 34.9 Å². The molecule has 1 atom stereocenters. The van der Waals surface area contributed by atoms with Crippen molar-refractivity contribution < 1.29 is 0 Å². The second kappa shape index (κ2) is 5.70. The Balaban J connectivity index is 2.48. The zero-order valence-corrected chi connectivity index (χ0v) is 9.01. The van der Waals surface area contributed by atoms with Crippen molar-refractivity contribution in [2.45, 2.75) is 19.4 Å².